The monoisotopic (exact) mass is 166 g/mol. The SMILES string of the molecule is CC(=O)CC(C)c1cn(C)cn1. The molecule has 0 aliphatic heterocycles. The Morgan fingerprint density at radius 1 is 1.75 bits per heavy atom. The molecule has 3 nitrogen and oxygen atoms in total. The van der Waals surface area contributed by atoms with E-state index in [9.17, 15) is 4.79 Å². The molecular weight excluding hydrogens is 152 g/mol. The third kappa shape index (κ3) is 2.19. The van der Waals surface area contributed by atoms with Crippen molar-refractivity contribution in [3.05, 3.63) is 18.2 Å². The number of nitrogens with zero attached hydrogens (tertiary/aromatic N) is 2. The number of ketones is 1. The largest absolute Gasteiger partial charge is 0.340 e. The molecular formula is C9H14N2O. The van der Waals surface area contributed by atoms with E-state index in [0.717, 1.165) is 5.69 Å². The molecule has 0 fully saturated rings. The van der Waals surface area contributed by atoms with Crippen LogP contribution in [0.5, 0.6) is 0 Å². The van der Waals surface area contributed by atoms with E-state index in [4.69, 9.17) is 0 Å². The fraction of sp³-hybridized carbons (Fsp3) is 0.556. The van der Waals surface area contributed by atoms with Crippen molar-refractivity contribution in [2.75, 3.05) is 0 Å². The predicted octanol–water partition coefficient (Wildman–Crippen LogP) is 1.50. The van der Waals surface area contributed by atoms with Gasteiger partial charge in [0.05, 0.1) is 12.0 Å². The third-order valence-corrected chi connectivity index (χ3v) is 1.82. The van der Waals surface area contributed by atoms with Gasteiger partial charge in [0.2, 0.25) is 0 Å². The molecule has 1 atom stereocenters. The maximum Gasteiger partial charge on any atom is 0.130 e. The van der Waals surface area contributed by atoms with Crippen LogP contribution in [0, 0.1) is 0 Å². The Bertz CT molecular complexity index is 278. The minimum atomic E-state index is 0.216. The average molecular weight is 166 g/mol. The van der Waals surface area contributed by atoms with Crippen LogP contribution in [0.25, 0.3) is 0 Å². The summed E-state index contributed by atoms with van der Waals surface area (Å²) < 4.78 is 1.89. The fourth-order valence-electron chi connectivity index (χ4n) is 1.22. The van der Waals surface area contributed by atoms with Crippen molar-refractivity contribution < 1.29 is 4.79 Å². The highest BCUT2D eigenvalue weighted by Crippen LogP contribution is 2.16. The van der Waals surface area contributed by atoms with Gasteiger partial charge in [-0.3, -0.25) is 0 Å². The zero-order chi connectivity index (χ0) is 9.14. The van der Waals surface area contributed by atoms with Crippen LogP contribution in [-0.4, -0.2) is 15.3 Å². The molecule has 1 aromatic rings. The standard InChI is InChI=1S/C9H14N2O/c1-7(4-8(2)12)9-5-11(3)6-10-9/h5-7H,4H2,1-3H3. The number of carbonyl (C=O) groups excluding carboxylic acids is 1. The first-order valence-electron chi connectivity index (χ1n) is 4.07. The lowest BCUT2D eigenvalue weighted by molar-refractivity contribution is -0.117. The highest BCUT2D eigenvalue weighted by molar-refractivity contribution is 5.76. The molecule has 0 amide bonds. The van der Waals surface area contributed by atoms with Gasteiger partial charge in [0.1, 0.15) is 5.78 Å². The van der Waals surface area contributed by atoms with Crippen LogP contribution >= 0.6 is 0 Å². The van der Waals surface area contributed by atoms with Gasteiger partial charge in [-0.1, -0.05) is 6.92 Å². The molecule has 0 spiro atoms. The van der Waals surface area contributed by atoms with Gasteiger partial charge in [-0.2, -0.15) is 0 Å². The van der Waals surface area contributed by atoms with Gasteiger partial charge in [0, 0.05) is 25.6 Å². The first kappa shape index (κ1) is 8.97. The van der Waals surface area contributed by atoms with Gasteiger partial charge < -0.3 is 9.36 Å². The fourth-order valence-corrected chi connectivity index (χ4v) is 1.22. The van der Waals surface area contributed by atoms with Crippen molar-refractivity contribution in [2.45, 2.75) is 26.2 Å². The van der Waals surface area contributed by atoms with E-state index in [2.05, 4.69) is 4.98 Å². The van der Waals surface area contributed by atoms with E-state index in [-0.39, 0.29) is 11.7 Å². The van der Waals surface area contributed by atoms with E-state index in [1.807, 2.05) is 24.7 Å². The maximum atomic E-state index is 10.8. The second-order valence-electron chi connectivity index (χ2n) is 3.27. The molecule has 0 bridgehead atoms. The Morgan fingerprint density at radius 3 is 2.83 bits per heavy atom. The summed E-state index contributed by atoms with van der Waals surface area (Å²) in [4.78, 5) is 15.0. The number of carbonyl (C=O) groups is 1. The number of hydrogen-bond acceptors (Lipinski definition) is 2. The molecule has 1 heterocycles. The molecule has 12 heavy (non-hydrogen) atoms. The molecule has 0 aliphatic carbocycles. The van der Waals surface area contributed by atoms with Crippen molar-refractivity contribution in [1.82, 2.24) is 9.55 Å². The highest BCUT2D eigenvalue weighted by atomic mass is 16.1. The topological polar surface area (TPSA) is 34.9 Å². The molecule has 0 saturated heterocycles. The number of imidazole rings is 1. The van der Waals surface area contributed by atoms with E-state index in [1.54, 1.807) is 13.3 Å². The maximum absolute atomic E-state index is 10.8. The average Bonchev–Trinajstić information content (AvgIpc) is 2.34. The Hall–Kier alpha value is -1.12. The zero-order valence-corrected chi connectivity index (χ0v) is 7.74. The summed E-state index contributed by atoms with van der Waals surface area (Å²) in [5.74, 6) is 0.455. The minimum Gasteiger partial charge on any atom is -0.340 e. The van der Waals surface area contributed by atoms with Gasteiger partial charge in [-0.05, 0) is 6.92 Å². The molecule has 3 heteroatoms. The summed E-state index contributed by atoms with van der Waals surface area (Å²) in [7, 11) is 1.93. The lowest BCUT2D eigenvalue weighted by Gasteiger charge is -2.03. The van der Waals surface area contributed by atoms with E-state index in [1.165, 1.54) is 0 Å². The molecule has 0 aromatic carbocycles. The normalized spacial score (nSPS) is 12.9. The highest BCUT2D eigenvalue weighted by Gasteiger charge is 2.09. The number of rotatable bonds is 3. The van der Waals surface area contributed by atoms with Crippen LogP contribution < -0.4 is 0 Å². The summed E-state index contributed by atoms with van der Waals surface area (Å²) in [5, 5.41) is 0. The van der Waals surface area contributed by atoms with Crippen molar-refractivity contribution in [2.24, 2.45) is 7.05 Å². The van der Waals surface area contributed by atoms with Crippen LogP contribution in [-0.2, 0) is 11.8 Å². The van der Waals surface area contributed by atoms with Crippen molar-refractivity contribution >= 4 is 5.78 Å². The van der Waals surface area contributed by atoms with Gasteiger partial charge >= 0.3 is 0 Å². The number of Topliss-reactive ketones (excluding diaryl/α,β-unsaturated/α-hetero) is 1. The molecule has 0 radical (unpaired) electrons. The van der Waals surface area contributed by atoms with Crippen LogP contribution in [0.15, 0.2) is 12.5 Å². The Morgan fingerprint density at radius 2 is 2.42 bits per heavy atom. The van der Waals surface area contributed by atoms with E-state index < -0.39 is 0 Å². The third-order valence-electron chi connectivity index (χ3n) is 1.82. The molecule has 0 aliphatic rings. The zero-order valence-electron chi connectivity index (χ0n) is 7.74. The molecule has 1 unspecified atom stereocenters. The summed E-state index contributed by atoms with van der Waals surface area (Å²) >= 11 is 0. The number of hydrogen-bond donors (Lipinski definition) is 0. The summed E-state index contributed by atoms with van der Waals surface area (Å²) in [6.45, 7) is 3.63. The Labute approximate surface area is 72.4 Å². The van der Waals surface area contributed by atoms with Gasteiger partial charge in [0.25, 0.3) is 0 Å². The quantitative estimate of drug-likeness (QED) is 0.682. The second kappa shape index (κ2) is 3.52. The smallest absolute Gasteiger partial charge is 0.130 e. The van der Waals surface area contributed by atoms with Crippen LogP contribution in [0.1, 0.15) is 31.9 Å². The van der Waals surface area contributed by atoms with Crippen molar-refractivity contribution in [3.63, 3.8) is 0 Å². The first-order chi connectivity index (χ1) is 5.59. The summed E-state index contributed by atoms with van der Waals surface area (Å²) in [5.41, 5.74) is 0.993. The minimum absolute atomic E-state index is 0.216. The lowest BCUT2D eigenvalue weighted by atomic mass is 10.0. The number of aryl methyl sites for hydroxylation is 1. The Balaban J connectivity index is 2.64. The summed E-state index contributed by atoms with van der Waals surface area (Å²) in [6, 6.07) is 0. The summed E-state index contributed by atoms with van der Waals surface area (Å²) in [6.07, 6.45) is 4.29. The lowest BCUT2D eigenvalue weighted by Crippen LogP contribution is -2.00. The van der Waals surface area contributed by atoms with Gasteiger partial charge in [-0.15, -0.1) is 0 Å². The molecule has 66 valence electrons. The Kier molecular flexibility index (Phi) is 2.63. The van der Waals surface area contributed by atoms with Crippen molar-refractivity contribution in [3.8, 4) is 0 Å². The van der Waals surface area contributed by atoms with Gasteiger partial charge in [0.15, 0.2) is 0 Å². The van der Waals surface area contributed by atoms with Gasteiger partial charge in [-0.25, -0.2) is 4.98 Å². The van der Waals surface area contributed by atoms with E-state index in [0.29, 0.717) is 6.42 Å². The molecule has 0 N–H and O–H groups in total. The second-order valence-corrected chi connectivity index (χ2v) is 3.27. The first-order valence-corrected chi connectivity index (χ1v) is 4.07. The van der Waals surface area contributed by atoms with Crippen molar-refractivity contribution in [1.29, 1.82) is 0 Å². The van der Waals surface area contributed by atoms with Crippen LogP contribution in [0.3, 0.4) is 0 Å². The molecule has 1 rings (SSSR count). The van der Waals surface area contributed by atoms with E-state index >= 15 is 0 Å². The predicted molar refractivity (Wildman–Crippen MR) is 46.9 cm³/mol. The van der Waals surface area contributed by atoms with Crippen LogP contribution in [0.4, 0.5) is 0 Å². The van der Waals surface area contributed by atoms with Crippen LogP contribution in [0.2, 0.25) is 0 Å². The molecule has 0 saturated carbocycles. The molecule has 1 aromatic heterocycles. The number of aromatic nitrogens is 2.